The van der Waals surface area contributed by atoms with Gasteiger partial charge in [0.1, 0.15) is 12.6 Å². The first-order chi connectivity index (χ1) is 8.59. The summed E-state index contributed by atoms with van der Waals surface area (Å²) in [5.41, 5.74) is 0. The fraction of sp³-hybridized carbons (Fsp3) is 0.929. The number of likely N-dealkylation sites (N-methyl/N-ethyl adjacent to an activating group) is 1. The molecule has 5 heteroatoms. The molecule has 2 aliphatic rings. The quantitative estimate of drug-likeness (QED) is 0.451. The van der Waals surface area contributed by atoms with Crippen LogP contribution >= 0.6 is 0 Å². The summed E-state index contributed by atoms with van der Waals surface area (Å²) in [5.74, 6) is 0.215. The molecular formula is C14H27IN2O2. The van der Waals surface area contributed by atoms with Gasteiger partial charge in [0.25, 0.3) is 0 Å². The van der Waals surface area contributed by atoms with Crippen molar-refractivity contribution in [3.8, 4) is 0 Å². The predicted molar refractivity (Wildman–Crippen MR) is 71.1 cm³/mol. The van der Waals surface area contributed by atoms with E-state index in [-0.39, 0.29) is 36.0 Å². The summed E-state index contributed by atoms with van der Waals surface area (Å²) in [6.07, 6.45) is 6.45. The molecule has 2 rings (SSSR count). The summed E-state index contributed by atoms with van der Waals surface area (Å²) in [4.78, 5) is 13.4. The molecule has 0 aromatic heterocycles. The number of likely N-dealkylation sites (tertiary alicyclic amines) is 2. The van der Waals surface area contributed by atoms with Gasteiger partial charge in [0.05, 0.1) is 26.7 Å². The number of rotatable bonds is 4. The highest BCUT2D eigenvalue weighted by atomic mass is 127. The van der Waals surface area contributed by atoms with Crippen LogP contribution in [0.25, 0.3) is 0 Å². The van der Waals surface area contributed by atoms with Gasteiger partial charge in [-0.3, -0.25) is 4.79 Å². The largest absolute Gasteiger partial charge is 1.00 e. The lowest BCUT2D eigenvalue weighted by Gasteiger charge is -2.36. The Labute approximate surface area is 133 Å². The smallest absolute Gasteiger partial charge is 0.222 e. The van der Waals surface area contributed by atoms with Gasteiger partial charge in [-0.25, -0.2) is 0 Å². The minimum Gasteiger partial charge on any atom is -1.00 e. The summed E-state index contributed by atoms with van der Waals surface area (Å²) in [7, 11) is 2.25. The SMILES string of the molecule is C[N+]1(CC(O)CN2CCCC2=O)CCCCCC1.[I-]. The van der Waals surface area contributed by atoms with E-state index in [0.29, 0.717) is 13.0 Å². The van der Waals surface area contributed by atoms with E-state index in [1.807, 2.05) is 4.90 Å². The van der Waals surface area contributed by atoms with E-state index in [9.17, 15) is 9.90 Å². The number of nitrogens with zero attached hydrogens (tertiary/aromatic N) is 2. The molecule has 0 aliphatic carbocycles. The molecule has 0 bridgehead atoms. The van der Waals surface area contributed by atoms with Crippen LogP contribution in [0.1, 0.15) is 38.5 Å². The van der Waals surface area contributed by atoms with Crippen molar-refractivity contribution in [1.29, 1.82) is 0 Å². The summed E-state index contributed by atoms with van der Waals surface area (Å²) in [5, 5.41) is 10.2. The highest BCUT2D eigenvalue weighted by Crippen LogP contribution is 2.17. The van der Waals surface area contributed by atoms with E-state index in [0.717, 1.165) is 24.0 Å². The Balaban J connectivity index is 0.00000180. The molecule has 1 atom stereocenters. The maximum absolute atomic E-state index is 11.5. The van der Waals surface area contributed by atoms with Crippen molar-refractivity contribution in [2.75, 3.05) is 39.8 Å². The van der Waals surface area contributed by atoms with Crippen LogP contribution in [0.3, 0.4) is 0 Å². The Kier molecular flexibility index (Phi) is 7.04. The summed E-state index contributed by atoms with van der Waals surface area (Å²) < 4.78 is 0.975. The Bertz CT molecular complexity index is 291. The molecule has 0 saturated carbocycles. The number of carbonyl (C=O) groups excluding carboxylic acids is 1. The third-order valence-electron chi connectivity index (χ3n) is 4.40. The summed E-state index contributed by atoms with van der Waals surface area (Å²) in [6.45, 7) is 4.51. The molecule has 2 heterocycles. The van der Waals surface area contributed by atoms with Crippen LogP contribution in [0.4, 0.5) is 0 Å². The van der Waals surface area contributed by atoms with E-state index in [1.54, 1.807) is 0 Å². The molecule has 0 radical (unpaired) electrons. The molecule has 2 fully saturated rings. The van der Waals surface area contributed by atoms with Gasteiger partial charge in [0.2, 0.25) is 5.91 Å². The molecule has 1 unspecified atom stereocenters. The number of carbonyl (C=O) groups is 1. The molecule has 1 N–H and O–H groups in total. The van der Waals surface area contributed by atoms with Gasteiger partial charge in [0, 0.05) is 13.0 Å². The van der Waals surface area contributed by atoms with Crippen molar-refractivity contribution >= 4 is 5.91 Å². The maximum atomic E-state index is 11.5. The van der Waals surface area contributed by atoms with Crippen molar-refractivity contribution in [3.05, 3.63) is 0 Å². The minimum absolute atomic E-state index is 0. The Morgan fingerprint density at radius 3 is 2.37 bits per heavy atom. The monoisotopic (exact) mass is 382 g/mol. The first-order valence-corrected chi connectivity index (χ1v) is 7.38. The lowest BCUT2D eigenvalue weighted by atomic mass is 10.2. The minimum atomic E-state index is -0.366. The molecule has 1 amide bonds. The number of hydrogen-bond donors (Lipinski definition) is 1. The van der Waals surface area contributed by atoms with Gasteiger partial charge in [-0.05, 0) is 32.1 Å². The second-order valence-electron chi connectivity index (χ2n) is 6.26. The molecular weight excluding hydrogens is 355 g/mol. The molecule has 0 aromatic rings. The fourth-order valence-corrected chi connectivity index (χ4v) is 3.35. The van der Waals surface area contributed by atoms with Crippen molar-refractivity contribution in [1.82, 2.24) is 4.90 Å². The van der Waals surface area contributed by atoms with Crippen LogP contribution in [0.5, 0.6) is 0 Å². The summed E-state index contributed by atoms with van der Waals surface area (Å²) in [6, 6.07) is 0. The Morgan fingerprint density at radius 1 is 1.21 bits per heavy atom. The van der Waals surface area contributed by atoms with Crippen molar-refractivity contribution in [3.63, 3.8) is 0 Å². The molecule has 112 valence electrons. The van der Waals surface area contributed by atoms with Crippen LogP contribution < -0.4 is 24.0 Å². The highest BCUT2D eigenvalue weighted by molar-refractivity contribution is 5.78. The number of β-amino-alcohol motifs (C(OH)–C–C–N with tert-alkyl or cyclic N) is 1. The van der Waals surface area contributed by atoms with Crippen LogP contribution in [-0.2, 0) is 4.79 Å². The molecule has 4 nitrogen and oxygen atoms in total. The lowest BCUT2D eigenvalue weighted by molar-refractivity contribution is -0.911. The van der Waals surface area contributed by atoms with E-state index in [2.05, 4.69) is 7.05 Å². The highest BCUT2D eigenvalue weighted by Gasteiger charge is 2.29. The van der Waals surface area contributed by atoms with Crippen LogP contribution in [0.15, 0.2) is 0 Å². The lowest BCUT2D eigenvalue weighted by Crippen LogP contribution is -3.00. The molecule has 2 aliphatic heterocycles. The molecule has 0 spiro atoms. The van der Waals surface area contributed by atoms with Gasteiger partial charge in [-0.15, -0.1) is 0 Å². The van der Waals surface area contributed by atoms with Crippen molar-refractivity contribution in [2.45, 2.75) is 44.6 Å². The zero-order valence-electron chi connectivity index (χ0n) is 12.0. The fourth-order valence-electron chi connectivity index (χ4n) is 3.35. The average Bonchev–Trinajstić information content (AvgIpc) is 2.58. The second kappa shape index (κ2) is 7.78. The topological polar surface area (TPSA) is 40.5 Å². The van der Waals surface area contributed by atoms with Gasteiger partial charge >= 0.3 is 0 Å². The van der Waals surface area contributed by atoms with Crippen LogP contribution in [0, 0.1) is 0 Å². The summed E-state index contributed by atoms with van der Waals surface area (Å²) >= 11 is 0. The number of hydrogen-bond acceptors (Lipinski definition) is 2. The molecule has 2 saturated heterocycles. The van der Waals surface area contributed by atoms with E-state index < -0.39 is 0 Å². The van der Waals surface area contributed by atoms with Gasteiger partial charge in [-0.2, -0.15) is 0 Å². The van der Waals surface area contributed by atoms with Crippen molar-refractivity contribution in [2.24, 2.45) is 0 Å². The normalized spacial score (nSPS) is 24.7. The third kappa shape index (κ3) is 5.19. The van der Waals surface area contributed by atoms with Crippen molar-refractivity contribution < 1.29 is 38.4 Å². The van der Waals surface area contributed by atoms with Crippen LogP contribution in [-0.4, -0.2) is 66.3 Å². The van der Waals surface area contributed by atoms with Gasteiger partial charge < -0.3 is 38.5 Å². The number of aliphatic hydroxyl groups is 1. The van der Waals surface area contributed by atoms with Crippen LogP contribution in [0.2, 0.25) is 0 Å². The predicted octanol–water partition coefficient (Wildman–Crippen LogP) is -2.01. The maximum Gasteiger partial charge on any atom is 0.222 e. The van der Waals surface area contributed by atoms with E-state index in [1.165, 1.54) is 38.8 Å². The number of aliphatic hydroxyl groups excluding tert-OH is 1. The number of quaternary nitrogens is 1. The first-order valence-electron chi connectivity index (χ1n) is 7.38. The zero-order valence-corrected chi connectivity index (χ0v) is 14.1. The molecule has 0 aromatic carbocycles. The second-order valence-corrected chi connectivity index (χ2v) is 6.26. The molecule has 19 heavy (non-hydrogen) atoms. The number of halogens is 1. The number of amides is 1. The third-order valence-corrected chi connectivity index (χ3v) is 4.40. The Hall–Kier alpha value is 0.120. The standard InChI is InChI=1S/C14H27N2O2.HI/c1-16(9-4-2-3-5-10-16)12-13(17)11-15-8-6-7-14(15)18;/h13,17H,2-12H2,1H3;1H/q+1;/p-1. The van der Waals surface area contributed by atoms with E-state index in [4.69, 9.17) is 0 Å². The van der Waals surface area contributed by atoms with Gasteiger partial charge in [-0.1, -0.05) is 0 Å². The van der Waals surface area contributed by atoms with E-state index >= 15 is 0 Å². The average molecular weight is 382 g/mol. The zero-order chi connectivity index (χ0) is 13.0. The first kappa shape index (κ1) is 17.2. The van der Waals surface area contributed by atoms with Gasteiger partial charge in [0.15, 0.2) is 0 Å². The Morgan fingerprint density at radius 2 is 1.84 bits per heavy atom.